The molecule has 0 saturated carbocycles. The van der Waals surface area contributed by atoms with E-state index >= 15 is 0 Å². The minimum absolute atomic E-state index is 0.0489. The van der Waals surface area contributed by atoms with Crippen molar-refractivity contribution in [1.29, 1.82) is 5.26 Å². The van der Waals surface area contributed by atoms with Crippen molar-refractivity contribution in [2.24, 2.45) is 0 Å². The van der Waals surface area contributed by atoms with E-state index in [1.807, 2.05) is 60.7 Å². The molecule has 1 aliphatic heterocycles. The van der Waals surface area contributed by atoms with Crippen LogP contribution in [0, 0.1) is 11.3 Å². The standard InChI is InChI=1S/C24H20N2O/c1-24(20-10-6-3-7-11-20)16-21(18-12-14-26-15-13-18)22(17-25)23(27-24)19-8-4-2-5-9-19/h2-15,21H,16H2,1H3/t21-,24-/m1/s1. The average Bonchev–Trinajstić information content (AvgIpc) is 2.75. The minimum atomic E-state index is -0.527. The zero-order valence-electron chi connectivity index (χ0n) is 15.2. The fourth-order valence-electron chi connectivity index (χ4n) is 3.75. The van der Waals surface area contributed by atoms with Crippen LogP contribution in [0.15, 0.2) is 90.8 Å². The third-order valence-corrected chi connectivity index (χ3v) is 5.16. The molecule has 3 aromatic rings. The molecule has 1 aromatic heterocycles. The summed E-state index contributed by atoms with van der Waals surface area (Å²) in [6.45, 7) is 2.10. The van der Waals surface area contributed by atoms with Crippen molar-refractivity contribution in [3.8, 4) is 6.07 Å². The maximum Gasteiger partial charge on any atom is 0.142 e. The maximum absolute atomic E-state index is 9.99. The molecule has 0 radical (unpaired) electrons. The van der Waals surface area contributed by atoms with Gasteiger partial charge in [0.1, 0.15) is 11.4 Å². The van der Waals surface area contributed by atoms with Crippen molar-refractivity contribution in [2.75, 3.05) is 0 Å². The molecule has 0 fully saturated rings. The van der Waals surface area contributed by atoms with Crippen molar-refractivity contribution >= 4 is 5.76 Å². The van der Waals surface area contributed by atoms with Gasteiger partial charge in [-0.15, -0.1) is 0 Å². The van der Waals surface area contributed by atoms with Crippen LogP contribution in [-0.2, 0) is 10.3 Å². The summed E-state index contributed by atoms with van der Waals surface area (Å²) in [7, 11) is 0. The Labute approximate surface area is 159 Å². The van der Waals surface area contributed by atoms with Gasteiger partial charge in [0, 0.05) is 30.3 Å². The zero-order valence-corrected chi connectivity index (χ0v) is 15.2. The van der Waals surface area contributed by atoms with Crippen molar-refractivity contribution in [3.05, 3.63) is 107 Å². The van der Waals surface area contributed by atoms with Crippen LogP contribution in [0.25, 0.3) is 5.76 Å². The summed E-state index contributed by atoms with van der Waals surface area (Å²) in [6, 6.07) is 26.5. The molecule has 0 N–H and O–H groups in total. The van der Waals surface area contributed by atoms with Gasteiger partial charge in [-0.05, 0) is 30.2 Å². The number of rotatable bonds is 3. The number of nitrogens with zero attached hydrogens (tertiary/aromatic N) is 2. The molecular formula is C24H20N2O. The van der Waals surface area contributed by atoms with Gasteiger partial charge in [0.25, 0.3) is 0 Å². The predicted molar refractivity (Wildman–Crippen MR) is 105 cm³/mol. The summed E-state index contributed by atoms with van der Waals surface area (Å²) >= 11 is 0. The molecule has 2 atom stereocenters. The van der Waals surface area contributed by atoms with Crippen LogP contribution in [0.4, 0.5) is 0 Å². The number of hydrogen-bond donors (Lipinski definition) is 0. The van der Waals surface area contributed by atoms with E-state index in [-0.39, 0.29) is 5.92 Å². The molecule has 4 rings (SSSR count). The quantitative estimate of drug-likeness (QED) is 0.631. The number of ether oxygens (including phenoxy) is 1. The summed E-state index contributed by atoms with van der Waals surface area (Å²) in [6.07, 6.45) is 4.25. The second-order valence-corrected chi connectivity index (χ2v) is 6.96. The van der Waals surface area contributed by atoms with Gasteiger partial charge in [-0.1, -0.05) is 60.7 Å². The highest BCUT2D eigenvalue weighted by Crippen LogP contribution is 2.48. The van der Waals surface area contributed by atoms with E-state index in [2.05, 4.69) is 30.1 Å². The number of allylic oxidation sites excluding steroid dienone is 1. The van der Waals surface area contributed by atoms with Crippen LogP contribution in [0.5, 0.6) is 0 Å². The van der Waals surface area contributed by atoms with Crippen LogP contribution in [0.1, 0.15) is 36.0 Å². The Morgan fingerprint density at radius 1 is 0.963 bits per heavy atom. The van der Waals surface area contributed by atoms with Gasteiger partial charge < -0.3 is 4.74 Å². The van der Waals surface area contributed by atoms with Gasteiger partial charge >= 0.3 is 0 Å². The Kier molecular flexibility index (Phi) is 4.48. The lowest BCUT2D eigenvalue weighted by Gasteiger charge is -2.40. The summed E-state index contributed by atoms with van der Waals surface area (Å²) in [5.41, 5.74) is 3.26. The highest BCUT2D eigenvalue weighted by Gasteiger charge is 2.41. The van der Waals surface area contributed by atoms with Gasteiger partial charge in [-0.3, -0.25) is 4.98 Å². The Morgan fingerprint density at radius 2 is 1.59 bits per heavy atom. The SMILES string of the molecule is C[C@]1(c2ccccc2)C[C@H](c2ccncc2)C(C#N)=C(c2ccccc2)O1. The van der Waals surface area contributed by atoms with Gasteiger partial charge in [0.05, 0.1) is 11.6 Å². The maximum atomic E-state index is 9.99. The van der Waals surface area contributed by atoms with E-state index in [1.165, 1.54) is 0 Å². The first-order chi connectivity index (χ1) is 13.2. The Hall–Kier alpha value is -3.38. The van der Waals surface area contributed by atoms with Crippen molar-refractivity contribution in [3.63, 3.8) is 0 Å². The number of nitriles is 1. The molecular weight excluding hydrogens is 332 g/mol. The fraction of sp³-hybridized carbons (Fsp3) is 0.167. The molecule has 3 heteroatoms. The number of pyridine rings is 1. The molecule has 0 aliphatic carbocycles. The lowest BCUT2D eigenvalue weighted by molar-refractivity contribution is 0.0290. The van der Waals surface area contributed by atoms with E-state index in [9.17, 15) is 5.26 Å². The van der Waals surface area contributed by atoms with E-state index in [1.54, 1.807) is 12.4 Å². The molecule has 2 aromatic carbocycles. The molecule has 0 saturated heterocycles. The molecule has 0 amide bonds. The number of hydrogen-bond acceptors (Lipinski definition) is 3. The van der Waals surface area contributed by atoms with Crippen LogP contribution >= 0.6 is 0 Å². The number of benzene rings is 2. The van der Waals surface area contributed by atoms with E-state index < -0.39 is 5.60 Å². The monoisotopic (exact) mass is 352 g/mol. The van der Waals surface area contributed by atoms with E-state index in [0.29, 0.717) is 17.8 Å². The molecule has 0 spiro atoms. The minimum Gasteiger partial charge on any atom is -0.481 e. The molecule has 27 heavy (non-hydrogen) atoms. The van der Waals surface area contributed by atoms with Crippen LogP contribution in [-0.4, -0.2) is 4.98 Å². The van der Waals surface area contributed by atoms with Gasteiger partial charge in [-0.2, -0.15) is 5.26 Å². The Bertz CT molecular complexity index is 991. The van der Waals surface area contributed by atoms with Crippen molar-refractivity contribution < 1.29 is 4.74 Å². The topological polar surface area (TPSA) is 45.9 Å². The fourth-order valence-corrected chi connectivity index (χ4v) is 3.75. The lowest BCUT2D eigenvalue weighted by Crippen LogP contribution is -2.33. The molecule has 2 heterocycles. The first kappa shape index (κ1) is 17.1. The van der Waals surface area contributed by atoms with E-state index in [4.69, 9.17) is 4.74 Å². The normalized spacial score (nSPS) is 22.0. The summed E-state index contributed by atoms with van der Waals surface area (Å²) in [4.78, 5) is 4.13. The predicted octanol–water partition coefficient (Wildman–Crippen LogP) is 5.44. The lowest BCUT2D eigenvalue weighted by atomic mass is 9.76. The molecule has 132 valence electrons. The summed E-state index contributed by atoms with van der Waals surface area (Å²) in [5, 5.41) is 9.99. The highest BCUT2D eigenvalue weighted by molar-refractivity contribution is 5.70. The van der Waals surface area contributed by atoms with Crippen molar-refractivity contribution in [2.45, 2.75) is 24.9 Å². The smallest absolute Gasteiger partial charge is 0.142 e. The van der Waals surface area contributed by atoms with Gasteiger partial charge in [0.15, 0.2) is 0 Å². The average molecular weight is 352 g/mol. The molecule has 1 aliphatic rings. The Balaban J connectivity index is 1.90. The van der Waals surface area contributed by atoms with Gasteiger partial charge in [-0.25, -0.2) is 0 Å². The second kappa shape index (κ2) is 7.09. The Morgan fingerprint density at radius 3 is 2.22 bits per heavy atom. The largest absolute Gasteiger partial charge is 0.481 e. The van der Waals surface area contributed by atoms with E-state index in [0.717, 1.165) is 16.7 Å². The first-order valence-corrected chi connectivity index (χ1v) is 9.05. The highest BCUT2D eigenvalue weighted by atomic mass is 16.5. The van der Waals surface area contributed by atoms with Crippen LogP contribution in [0.3, 0.4) is 0 Å². The van der Waals surface area contributed by atoms with Crippen LogP contribution < -0.4 is 0 Å². The summed E-state index contributed by atoms with van der Waals surface area (Å²) < 4.78 is 6.54. The van der Waals surface area contributed by atoms with Gasteiger partial charge in [0.2, 0.25) is 0 Å². The second-order valence-electron chi connectivity index (χ2n) is 6.96. The molecule has 0 bridgehead atoms. The third-order valence-electron chi connectivity index (χ3n) is 5.16. The van der Waals surface area contributed by atoms with Crippen LogP contribution in [0.2, 0.25) is 0 Å². The third kappa shape index (κ3) is 3.22. The molecule has 0 unspecified atom stereocenters. The summed E-state index contributed by atoms with van der Waals surface area (Å²) in [5.74, 6) is 0.615. The zero-order chi connectivity index (χ0) is 18.7. The number of aromatic nitrogens is 1. The molecule has 3 nitrogen and oxygen atoms in total. The van der Waals surface area contributed by atoms with Crippen molar-refractivity contribution in [1.82, 2.24) is 4.98 Å². The first-order valence-electron chi connectivity index (χ1n) is 9.05.